The molecule has 0 bridgehead atoms. The van der Waals surface area contributed by atoms with Gasteiger partial charge in [0.25, 0.3) is 0 Å². The highest BCUT2D eigenvalue weighted by atomic mass is 19.1. The number of nitrogens with one attached hydrogen (secondary N) is 1. The van der Waals surface area contributed by atoms with E-state index < -0.39 is 12.1 Å². The highest BCUT2D eigenvalue weighted by Crippen LogP contribution is 2.48. The maximum atomic E-state index is 15.6. The number of hydrogen-bond acceptors (Lipinski definition) is 5. The molecule has 0 spiro atoms. The molecule has 0 amide bonds. The molecule has 3 heterocycles. The second-order valence-electron chi connectivity index (χ2n) is 11.3. The fourth-order valence-electron chi connectivity index (χ4n) is 6.36. The minimum Gasteiger partial charge on any atom is -0.487 e. The van der Waals surface area contributed by atoms with Crippen molar-refractivity contribution in [2.45, 2.75) is 77.2 Å². The van der Waals surface area contributed by atoms with Crippen LogP contribution in [0.1, 0.15) is 73.5 Å². The molecule has 40 heavy (non-hydrogen) atoms. The van der Waals surface area contributed by atoms with E-state index in [0.29, 0.717) is 31.2 Å². The molecule has 4 aromatic rings. The van der Waals surface area contributed by atoms with E-state index in [-0.39, 0.29) is 17.5 Å². The summed E-state index contributed by atoms with van der Waals surface area (Å²) in [7, 11) is 0. The largest absolute Gasteiger partial charge is 0.487 e. The van der Waals surface area contributed by atoms with Crippen molar-refractivity contribution >= 4 is 22.6 Å². The third-order valence-electron chi connectivity index (χ3n) is 8.49. The number of rotatable bonds is 6. The van der Waals surface area contributed by atoms with Gasteiger partial charge in [-0.2, -0.15) is 0 Å². The number of ether oxygens (including phenoxy) is 1. The zero-order valence-corrected chi connectivity index (χ0v) is 22.9. The van der Waals surface area contributed by atoms with Crippen molar-refractivity contribution in [2.24, 2.45) is 5.92 Å². The van der Waals surface area contributed by atoms with Gasteiger partial charge in [-0.1, -0.05) is 32.8 Å². The monoisotopic (exact) mass is 542 g/mol. The molecular weight excluding hydrogens is 507 g/mol. The van der Waals surface area contributed by atoms with Crippen LogP contribution in [0.4, 0.5) is 10.1 Å². The highest BCUT2D eigenvalue weighted by Gasteiger charge is 2.34. The van der Waals surface area contributed by atoms with E-state index in [2.05, 4.69) is 39.8 Å². The van der Waals surface area contributed by atoms with E-state index >= 15 is 4.39 Å². The van der Waals surface area contributed by atoms with Crippen LogP contribution in [0.3, 0.4) is 0 Å². The Morgan fingerprint density at radius 1 is 1.15 bits per heavy atom. The van der Waals surface area contributed by atoms with Crippen LogP contribution in [0.25, 0.3) is 22.2 Å². The minimum atomic E-state index is -0.960. The van der Waals surface area contributed by atoms with Crippen molar-refractivity contribution in [3.8, 4) is 17.0 Å². The number of fused-ring (bicyclic) bond motifs is 5. The van der Waals surface area contributed by atoms with Gasteiger partial charge in [0, 0.05) is 52.9 Å². The fraction of sp³-hybridized carbons (Fsp3) is 0.406. The molecule has 2 aliphatic rings. The smallest absolute Gasteiger partial charge is 0.335 e. The van der Waals surface area contributed by atoms with Gasteiger partial charge in [0.1, 0.15) is 24.9 Å². The summed E-state index contributed by atoms with van der Waals surface area (Å²) in [5.41, 5.74) is 5.81. The number of alkyl halides is 1. The lowest BCUT2D eigenvalue weighted by atomic mass is 9.80. The Labute approximate surface area is 233 Å². The van der Waals surface area contributed by atoms with E-state index in [9.17, 15) is 9.90 Å². The van der Waals surface area contributed by atoms with Crippen molar-refractivity contribution in [3.63, 3.8) is 0 Å². The predicted molar refractivity (Wildman–Crippen MR) is 154 cm³/mol. The van der Waals surface area contributed by atoms with Gasteiger partial charge in [-0.3, -0.25) is 0 Å². The van der Waals surface area contributed by atoms with Gasteiger partial charge in [-0.05, 0) is 61.1 Å². The molecule has 2 aromatic carbocycles. The maximum absolute atomic E-state index is 15.6. The molecule has 0 saturated heterocycles. The normalized spacial score (nSPS) is 20.8. The summed E-state index contributed by atoms with van der Waals surface area (Å²) >= 11 is 0. The lowest BCUT2D eigenvalue weighted by molar-refractivity contribution is 0.0697. The molecular formula is C32H35FN4O3. The zero-order valence-electron chi connectivity index (χ0n) is 22.9. The van der Waals surface area contributed by atoms with Crippen molar-refractivity contribution in [3.05, 3.63) is 71.8 Å². The summed E-state index contributed by atoms with van der Waals surface area (Å²) in [6, 6.07) is 13.4. The molecule has 2 N–H and O–H groups in total. The first-order chi connectivity index (χ1) is 19.4. The molecule has 2 unspecified atom stereocenters. The Morgan fingerprint density at radius 3 is 2.75 bits per heavy atom. The Balaban J connectivity index is 1.53. The van der Waals surface area contributed by atoms with E-state index in [1.807, 2.05) is 24.3 Å². The average Bonchev–Trinajstić information content (AvgIpc) is 3.26. The van der Waals surface area contributed by atoms with Gasteiger partial charge >= 0.3 is 5.97 Å². The molecule has 8 heteroatoms. The molecule has 0 radical (unpaired) electrons. The number of aryl methyl sites for hydroxylation is 1. The Morgan fingerprint density at radius 2 is 2.00 bits per heavy atom. The fourth-order valence-corrected chi connectivity index (χ4v) is 6.36. The third-order valence-corrected chi connectivity index (χ3v) is 8.49. The molecule has 1 fully saturated rings. The Hall–Kier alpha value is -3.94. The van der Waals surface area contributed by atoms with Crippen LogP contribution in [0.15, 0.2) is 55.0 Å². The minimum absolute atomic E-state index is 0.191. The number of halogens is 1. The number of carboxylic acid groups (broad SMARTS) is 1. The van der Waals surface area contributed by atoms with Crippen LogP contribution in [-0.4, -0.2) is 37.8 Å². The van der Waals surface area contributed by atoms with Crippen LogP contribution in [0, 0.1) is 5.92 Å². The van der Waals surface area contributed by atoms with E-state index in [0.717, 1.165) is 64.8 Å². The van der Waals surface area contributed by atoms with Gasteiger partial charge in [-0.25, -0.2) is 19.2 Å². The van der Waals surface area contributed by atoms with Gasteiger partial charge in [0.2, 0.25) is 0 Å². The van der Waals surface area contributed by atoms with Crippen molar-refractivity contribution in [2.75, 3.05) is 5.32 Å². The zero-order chi connectivity index (χ0) is 27.8. The topological polar surface area (TPSA) is 89.3 Å². The number of nitrogens with zero attached hydrogens (tertiary/aromatic N) is 3. The van der Waals surface area contributed by atoms with Gasteiger partial charge in [0.05, 0.1) is 17.0 Å². The third kappa shape index (κ3) is 4.91. The van der Waals surface area contributed by atoms with Gasteiger partial charge in [0.15, 0.2) is 0 Å². The van der Waals surface area contributed by atoms with Gasteiger partial charge in [-0.15, -0.1) is 0 Å². The second kappa shape index (κ2) is 10.9. The molecule has 208 valence electrons. The first kappa shape index (κ1) is 26.3. The predicted octanol–water partition coefficient (Wildman–Crippen LogP) is 7.21. The van der Waals surface area contributed by atoms with Crippen LogP contribution < -0.4 is 10.1 Å². The number of benzene rings is 2. The number of aromatic nitrogens is 3. The summed E-state index contributed by atoms with van der Waals surface area (Å²) < 4.78 is 24.0. The Bertz CT molecular complexity index is 1530. The standard InChI is InChI=1S/C32H35FN4O3/c1-19(2)27-12-14-37-29-15-20(32(38)39)7-9-25(29)30(23-5-3-4-6-26(23)33)31(37)24-10-8-22(16-28(24)36-27)40-17-21-11-13-34-18-35-21/h7-11,13,15-16,18-19,23,26-27,36H,3-6,12,14,17H2,1-2H3,(H,38,39)/t23?,26-,27?/m0/s1. The summed E-state index contributed by atoms with van der Waals surface area (Å²) in [5.74, 6) is -0.112. The van der Waals surface area contributed by atoms with E-state index in [1.54, 1.807) is 18.3 Å². The number of carbonyl (C=O) groups is 1. The summed E-state index contributed by atoms with van der Waals surface area (Å²) in [6.07, 6.45) is 6.35. The van der Waals surface area contributed by atoms with Crippen LogP contribution >= 0.6 is 0 Å². The number of anilines is 1. The van der Waals surface area contributed by atoms with Gasteiger partial charge < -0.3 is 19.7 Å². The van der Waals surface area contributed by atoms with E-state index in [4.69, 9.17) is 4.74 Å². The number of hydrogen-bond donors (Lipinski definition) is 2. The summed E-state index contributed by atoms with van der Waals surface area (Å²) in [6.45, 7) is 5.43. The van der Waals surface area contributed by atoms with Crippen LogP contribution in [-0.2, 0) is 13.2 Å². The molecule has 6 rings (SSSR count). The number of aromatic carboxylic acids is 1. The molecule has 2 aromatic heterocycles. The summed E-state index contributed by atoms with van der Waals surface area (Å²) in [4.78, 5) is 20.2. The highest BCUT2D eigenvalue weighted by molar-refractivity contribution is 5.99. The van der Waals surface area contributed by atoms with Crippen molar-refractivity contribution in [1.82, 2.24) is 14.5 Å². The molecule has 1 aliphatic carbocycles. The Kier molecular flexibility index (Phi) is 7.17. The quantitative estimate of drug-likeness (QED) is 0.268. The first-order valence-corrected chi connectivity index (χ1v) is 14.2. The number of carboxylic acids is 1. The van der Waals surface area contributed by atoms with Crippen LogP contribution in [0.5, 0.6) is 5.75 Å². The molecule has 1 saturated carbocycles. The molecule has 7 nitrogen and oxygen atoms in total. The molecule has 1 aliphatic heterocycles. The maximum Gasteiger partial charge on any atom is 0.335 e. The lowest BCUT2D eigenvalue weighted by Gasteiger charge is -2.31. The second-order valence-corrected chi connectivity index (χ2v) is 11.3. The molecule has 3 atom stereocenters. The first-order valence-electron chi connectivity index (χ1n) is 14.2. The van der Waals surface area contributed by atoms with Crippen molar-refractivity contribution in [1.29, 1.82) is 0 Å². The average molecular weight is 543 g/mol. The van der Waals surface area contributed by atoms with Crippen LogP contribution in [0.2, 0.25) is 0 Å². The SMILES string of the molecule is CC(C)C1CCn2c(c(C3CCCC[C@@H]3F)c3ccc(C(=O)O)cc32)-c2ccc(OCc3ccncn3)cc2N1. The lowest BCUT2D eigenvalue weighted by Crippen LogP contribution is -2.29. The van der Waals surface area contributed by atoms with E-state index in [1.165, 1.54) is 6.33 Å². The van der Waals surface area contributed by atoms with Crippen molar-refractivity contribution < 1.29 is 19.0 Å². The summed E-state index contributed by atoms with van der Waals surface area (Å²) in [5, 5.41) is 14.5.